The van der Waals surface area contributed by atoms with Crippen LogP contribution in [0.5, 0.6) is 0 Å². The molecule has 0 aliphatic carbocycles. The molecule has 2 heteroatoms. The van der Waals surface area contributed by atoms with Crippen LogP contribution >= 0.6 is 0 Å². The second-order valence-electron chi connectivity index (χ2n) is 2.53. The fraction of sp³-hybridized carbons (Fsp3) is 1.00. The topological polar surface area (TPSA) is 23.5 Å². The molecule has 0 aromatic carbocycles. The van der Waals surface area contributed by atoms with E-state index in [0.717, 1.165) is 6.42 Å². The number of aliphatic hydroxyl groups is 1. The molecule has 0 aromatic rings. The minimum absolute atomic E-state index is 0.319. The van der Waals surface area contributed by atoms with Crippen LogP contribution in [0.3, 0.4) is 0 Å². The van der Waals surface area contributed by atoms with Crippen molar-refractivity contribution in [3.63, 3.8) is 0 Å². The molecule has 0 unspecified atom stereocenters. The van der Waals surface area contributed by atoms with Gasteiger partial charge < -0.3 is 10.0 Å². The largest absolute Gasteiger partial charge is 0.396 e. The summed E-state index contributed by atoms with van der Waals surface area (Å²) < 4.78 is 0. The summed E-state index contributed by atoms with van der Waals surface area (Å²) in [5.41, 5.74) is 0. The first-order chi connectivity index (χ1) is 4.68. The van der Waals surface area contributed by atoms with E-state index >= 15 is 0 Å². The highest BCUT2D eigenvalue weighted by Gasteiger charge is 1.79. The van der Waals surface area contributed by atoms with Crippen molar-refractivity contribution in [2.75, 3.05) is 27.2 Å². The third-order valence-corrected chi connectivity index (χ3v) is 0.894. The average Bonchev–Trinajstić information content (AvgIpc) is 1.89. The van der Waals surface area contributed by atoms with Crippen LogP contribution in [0.4, 0.5) is 0 Å². The summed E-state index contributed by atoms with van der Waals surface area (Å²) in [6.45, 7) is 5.64. The lowest BCUT2D eigenvalue weighted by molar-refractivity contribution is 0.295. The van der Waals surface area contributed by atoms with Gasteiger partial charge in [0.25, 0.3) is 0 Å². The maximum atomic E-state index is 7.88. The van der Waals surface area contributed by atoms with Gasteiger partial charge in [0.1, 0.15) is 0 Å². The zero-order valence-corrected chi connectivity index (χ0v) is 7.72. The molecule has 0 aliphatic rings. The molecule has 0 saturated heterocycles. The molecule has 0 radical (unpaired) electrons. The molecule has 0 amide bonds. The van der Waals surface area contributed by atoms with Crippen molar-refractivity contribution >= 4 is 0 Å². The fourth-order valence-electron chi connectivity index (χ4n) is 0.447. The predicted molar refractivity (Wildman–Crippen MR) is 46.2 cm³/mol. The van der Waals surface area contributed by atoms with E-state index in [9.17, 15) is 0 Å². The second kappa shape index (κ2) is 11.7. The molecule has 0 spiro atoms. The summed E-state index contributed by atoms with van der Waals surface area (Å²) in [6.07, 6.45) is 2.13. The summed E-state index contributed by atoms with van der Waals surface area (Å²) in [7, 11) is 4.17. The Labute approximate surface area is 64.9 Å². The number of hydrogen-bond donors (Lipinski definition) is 1. The van der Waals surface area contributed by atoms with E-state index in [0.29, 0.717) is 6.61 Å². The Kier molecular flexibility index (Phi) is 14.7. The molecule has 0 aliphatic heterocycles. The number of hydrogen-bond acceptors (Lipinski definition) is 2. The molecule has 0 bridgehead atoms. The molecule has 0 rings (SSSR count). The van der Waals surface area contributed by atoms with Gasteiger partial charge in [-0.2, -0.15) is 0 Å². The molecule has 0 heterocycles. The standard InChI is InChI=1S/C5H13N.C3H8O/c1-4-5-6(2)3;1-2-3-4/h4-5H2,1-3H3;4H,2-3H2,1H3. The molecule has 1 N–H and O–H groups in total. The highest BCUT2D eigenvalue weighted by Crippen LogP contribution is 1.76. The van der Waals surface area contributed by atoms with E-state index in [1.54, 1.807) is 0 Å². The van der Waals surface area contributed by atoms with Crippen LogP contribution in [-0.2, 0) is 0 Å². The van der Waals surface area contributed by atoms with Crippen molar-refractivity contribution in [2.45, 2.75) is 26.7 Å². The lowest BCUT2D eigenvalue weighted by Gasteiger charge is -2.03. The van der Waals surface area contributed by atoms with Crippen LogP contribution in [0, 0.1) is 0 Å². The Morgan fingerprint density at radius 2 is 1.50 bits per heavy atom. The van der Waals surface area contributed by atoms with Gasteiger partial charge in [0.2, 0.25) is 0 Å². The van der Waals surface area contributed by atoms with E-state index in [2.05, 4.69) is 25.9 Å². The first kappa shape index (κ1) is 12.6. The van der Waals surface area contributed by atoms with Gasteiger partial charge in [0.05, 0.1) is 0 Å². The molecule has 0 atom stereocenters. The van der Waals surface area contributed by atoms with Crippen LogP contribution in [-0.4, -0.2) is 37.3 Å². The summed E-state index contributed by atoms with van der Waals surface area (Å²) in [6, 6.07) is 0. The third-order valence-electron chi connectivity index (χ3n) is 0.894. The first-order valence-corrected chi connectivity index (χ1v) is 3.94. The molecular formula is C8H21NO. The van der Waals surface area contributed by atoms with Gasteiger partial charge in [-0.3, -0.25) is 0 Å². The Hall–Kier alpha value is -0.0800. The van der Waals surface area contributed by atoms with Crippen LogP contribution < -0.4 is 0 Å². The van der Waals surface area contributed by atoms with Gasteiger partial charge in [0, 0.05) is 6.61 Å². The minimum atomic E-state index is 0.319. The second-order valence-corrected chi connectivity index (χ2v) is 2.53. The normalized spacial score (nSPS) is 9.00. The minimum Gasteiger partial charge on any atom is -0.396 e. The molecule has 10 heavy (non-hydrogen) atoms. The van der Waals surface area contributed by atoms with Gasteiger partial charge in [-0.25, -0.2) is 0 Å². The predicted octanol–water partition coefficient (Wildman–Crippen LogP) is 1.35. The number of rotatable bonds is 3. The van der Waals surface area contributed by atoms with Crippen molar-refractivity contribution in [2.24, 2.45) is 0 Å². The van der Waals surface area contributed by atoms with Crippen molar-refractivity contribution in [3.8, 4) is 0 Å². The summed E-state index contributed by atoms with van der Waals surface area (Å²) in [5, 5.41) is 7.88. The number of aliphatic hydroxyl groups excluding tert-OH is 1. The summed E-state index contributed by atoms with van der Waals surface area (Å²) >= 11 is 0. The molecule has 0 aromatic heterocycles. The Bertz CT molecular complexity index is 44.5. The van der Waals surface area contributed by atoms with Crippen molar-refractivity contribution in [1.82, 2.24) is 4.90 Å². The molecule has 0 fully saturated rings. The van der Waals surface area contributed by atoms with E-state index in [-0.39, 0.29) is 0 Å². The smallest absolute Gasteiger partial charge is 0.0428 e. The monoisotopic (exact) mass is 147 g/mol. The lowest BCUT2D eigenvalue weighted by atomic mass is 10.5. The number of nitrogens with zero attached hydrogens (tertiary/aromatic N) is 1. The molecule has 64 valence electrons. The van der Waals surface area contributed by atoms with Crippen LogP contribution in [0.25, 0.3) is 0 Å². The van der Waals surface area contributed by atoms with Gasteiger partial charge in [-0.05, 0) is 33.5 Å². The Morgan fingerprint density at radius 3 is 1.50 bits per heavy atom. The van der Waals surface area contributed by atoms with E-state index < -0.39 is 0 Å². The van der Waals surface area contributed by atoms with Crippen molar-refractivity contribution in [1.29, 1.82) is 0 Å². The highest BCUT2D eigenvalue weighted by atomic mass is 16.2. The maximum Gasteiger partial charge on any atom is 0.0428 e. The van der Waals surface area contributed by atoms with Gasteiger partial charge in [-0.15, -0.1) is 0 Å². The van der Waals surface area contributed by atoms with Gasteiger partial charge in [0.15, 0.2) is 0 Å². The first-order valence-electron chi connectivity index (χ1n) is 3.94. The van der Waals surface area contributed by atoms with Gasteiger partial charge in [-0.1, -0.05) is 13.8 Å². The summed E-state index contributed by atoms with van der Waals surface area (Å²) in [4.78, 5) is 2.18. The van der Waals surface area contributed by atoms with Crippen molar-refractivity contribution in [3.05, 3.63) is 0 Å². The van der Waals surface area contributed by atoms with E-state index in [1.165, 1.54) is 13.0 Å². The molecule has 2 nitrogen and oxygen atoms in total. The molecular weight excluding hydrogens is 126 g/mol. The fourth-order valence-corrected chi connectivity index (χ4v) is 0.447. The molecule has 0 saturated carbocycles. The maximum absolute atomic E-state index is 7.88. The van der Waals surface area contributed by atoms with E-state index in [1.807, 2.05) is 6.92 Å². The van der Waals surface area contributed by atoms with Gasteiger partial charge >= 0.3 is 0 Å². The Morgan fingerprint density at radius 1 is 1.10 bits per heavy atom. The highest BCUT2D eigenvalue weighted by molar-refractivity contribution is 4.34. The van der Waals surface area contributed by atoms with Crippen LogP contribution in [0.2, 0.25) is 0 Å². The van der Waals surface area contributed by atoms with Crippen molar-refractivity contribution < 1.29 is 5.11 Å². The zero-order chi connectivity index (χ0) is 8.41. The quantitative estimate of drug-likeness (QED) is 0.651. The lowest BCUT2D eigenvalue weighted by Crippen LogP contribution is -2.11. The van der Waals surface area contributed by atoms with Crippen LogP contribution in [0.15, 0.2) is 0 Å². The SMILES string of the molecule is CCCN(C)C.CCCO. The summed E-state index contributed by atoms with van der Waals surface area (Å²) in [5.74, 6) is 0. The van der Waals surface area contributed by atoms with E-state index in [4.69, 9.17) is 5.11 Å². The zero-order valence-electron chi connectivity index (χ0n) is 7.72. The van der Waals surface area contributed by atoms with Crippen LogP contribution in [0.1, 0.15) is 26.7 Å². The Balaban J connectivity index is 0. The third kappa shape index (κ3) is 24.7. The average molecular weight is 147 g/mol.